The molecular weight excluding hydrogens is 475 g/mol. The molecule has 1 atom stereocenters. The van der Waals surface area contributed by atoms with Crippen LogP contribution in [0.5, 0.6) is 5.88 Å². The van der Waals surface area contributed by atoms with Gasteiger partial charge >= 0.3 is 0 Å². The summed E-state index contributed by atoms with van der Waals surface area (Å²) >= 11 is 0. The number of benzene rings is 1. The Morgan fingerprint density at radius 1 is 1.11 bits per heavy atom. The van der Waals surface area contributed by atoms with E-state index in [1.54, 1.807) is 42.0 Å². The minimum absolute atomic E-state index is 0.0202. The van der Waals surface area contributed by atoms with Crippen LogP contribution in [0.3, 0.4) is 0 Å². The van der Waals surface area contributed by atoms with E-state index in [9.17, 15) is 9.90 Å². The molecule has 0 bridgehead atoms. The van der Waals surface area contributed by atoms with Crippen molar-refractivity contribution in [1.29, 1.82) is 0 Å². The first kappa shape index (κ1) is 23.4. The summed E-state index contributed by atoms with van der Waals surface area (Å²) in [4.78, 5) is 22.7. The number of halogens is 1. The molecule has 4 aromatic rings. The molecule has 2 aliphatic rings. The van der Waals surface area contributed by atoms with Crippen LogP contribution in [-0.4, -0.2) is 55.9 Å². The third-order valence-electron chi connectivity index (χ3n) is 7.30. The maximum Gasteiger partial charge on any atom is 0.244 e. The Balaban J connectivity index is 1.35. The molecular formula is C27H27FN6O3. The highest BCUT2D eigenvalue weighted by atomic mass is 19.1. The van der Waals surface area contributed by atoms with Crippen molar-refractivity contribution in [3.8, 4) is 17.0 Å². The Hall–Kier alpha value is -4.05. The molecule has 2 aliphatic heterocycles. The zero-order chi connectivity index (χ0) is 25.9. The third kappa shape index (κ3) is 4.07. The molecule has 1 aromatic carbocycles. The number of anilines is 2. The van der Waals surface area contributed by atoms with Crippen molar-refractivity contribution in [2.45, 2.75) is 38.8 Å². The van der Waals surface area contributed by atoms with Gasteiger partial charge in [0.25, 0.3) is 0 Å². The highest BCUT2D eigenvalue weighted by molar-refractivity contribution is 5.89. The highest BCUT2D eigenvalue weighted by Gasteiger charge is 2.35. The number of nitrogens with one attached hydrogen (secondary N) is 1. The molecule has 6 rings (SSSR count). The summed E-state index contributed by atoms with van der Waals surface area (Å²) in [6.45, 7) is 4.81. The monoisotopic (exact) mass is 502 g/mol. The maximum atomic E-state index is 15.3. The van der Waals surface area contributed by atoms with Gasteiger partial charge in [-0.25, -0.2) is 14.4 Å². The first-order valence-corrected chi connectivity index (χ1v) is 12.2. The van der Waals surface area contributed by atoms with Crippen molar-refractivity contribution in [3.63, 3.8) is 0 Å². The number of amides is 1. The average Bonchev–Trinajstić information content (AvgIpc) is 3.17. The van der Waals surface area contributed by atoms with E-state index >= 15 is 4.39 Å². The number of likely N-dealkylation sites (N-methyl/N-ethyl adjacent to an activating group) is 1. The van der Waals surface area contributed by atoms with Crippen molar-refractivity contribution in [2.75, 3.05) is 25.5 Å². The molecule has 0 unspecified atom stereocenters. The number of hydrogen-bond donors (Lipinski definition) is 2. The number of aliphatic hydroxyl groups is 1. The van der Waals surface area contributed by atoms with Gasteiger partial charge in [0.15, 0.2) is 5.82 Å². The van der Waals surface area contributed by atoms with E-state index in [1.807, 2.05) is 19.1 Å². The van der Waals surface area contributed by atoms with E-state index < -0.39 is 11.4 Å². The summed E-state index contributed by atoms with van der Waals surface area (Å²) in [5.41, 5.74) is 2.19. The van der Waals surface area contributed by atoms with Crippen molar-refractivity contribution < 1.29 is 19.0 Å². The smallest absolute Gasteiger partial charge is 0.244 e. The Bertz CT molecular complexity index is 1560. The summed E-state index contributed by atoms with van der Waals surface area (Å²) in [6.07, 6.45) is 4.36. The molecule has 1 amide bonds. The molecule has 0 fully saturated rings. The van der Waals surface area contributed by atoms with Crippen LogP contribution < -0.4 is 10.1 Å². The van der Waals surface area contributed by atoms with Crippen LogP contribution in [-0.2, 0) is 23.4 Å². The third-order valence-corrected chi connectivity index (χ3v) is 7.30. The molecule has 0 aliphatic carbocycles. The molecule has 37 heavy (non-hydrogen) atoms. The number of hydrogen-bond acceptors (Lipinski definition) is 7. The largest absolute Gasteiger partial charge is 0.477 e. The molecule has 0 radical (unpaired) electrons. The average molecular weight is 503 g/mol. The lowest BCUT2D eigenvalue weighted by Crippen LogP contribution is -2.31. The van der Waals surface area contributed by atoms with Gasteiger partial charge in [0.1, 0.15) is 18.2 Å². The molecule has 190 valence electrons. The quantitative estimate of drug-likeness (QED) is 0.440. The van der Waals surface area contributed by atoms with Crippen LogP contribution >= 0.6 is 0 Å². The number of fused-ring (bicyclic) bond motifs is 3. The van der Waals surface area contributed by atoms with E-state index in [1.165, 1.54) is 6.07 Å². The molecule has 9 nitrogen and oxygen atoms in total. The van der Waals surface area contributed by atoms with Crippen LogP contribution in [0.2, 0.25) is 0 Å². The lowest BCUT2D eigenvalue weighted by molar-refractivity contribution is -0.130. The lowest BCUT2D eigenvalue weighted by atomic mass is 9.85. The molecule has 5 heterocycles. The Kier molecular flexibility index (Phi) is 5.38. The fourth-order valence-electron chi connectivity index (χ4n) is 5.15. The van der Waals surface area contributed by atoms with Crippen molar-refractivity contribution >= 4 is 28.3 Å². The number of nitrogens with zero attached hydrogens (tertiary/aromatic N) is 5. The zero-order valence-corrected chi connectivity index (χ0v) is 20.9. The number of aromatic nitrogens is 4. The van der Waals surface area contributed by atoms with Gasteiger partial charge in [-0.2, -0.15) is 5.10 Å². The number of ether oxygens (including phenoxy) is 1. The predicted molar refractivity (Wildman–Crippen MR) is 136 cm³/mol. The topological polar surface area (TPSA) is 105 Å². The number of carbonyl (C=O) groups excluding carboxylic acids is 1. The van der Waals surface area contributed by atoms with Gasteiger partial charge in [-0.1, -0.05) is 0 Å². The standard InChI is InChI=1S/C27H27FN6O3/c1-15-20(13-30-26-25(15)27(2,36)5-7-37-26)19-8-16-10-22(29-12-17(16)9-21(19)28)31-23-11-18-4-6-33(3)24(35)14-34(18)32-23/h8-13,36H,4-7,14H2,1-3H3,(H,29,31,32)/t27-/m1/s1. The summed E-state index contributed by atoms with van der Waals surface area (Å²) in [6, 6.07) is 6.98. The van der Waals surface area contributed by atoms with E-state index in [-0.39, 0.29) is 12.5 Å². The molecule has 10 heteroatoms. The van der Waals surface area contributed by atoms with Gasteiger partial charge < -0.3 is 20.1 Å². The van der Waals surface area contributed by atoms with Gasteiger partial charge in [0, 0.05) is 72.7 Å². The van der Waals surface area contributed by atoms with Crippen LogP contribution in [0.25, 0.3) is 21.9 Å². The molecule has 0 saturated carbocycles. The van der Waals surface area contributed by atoms with Gasteiger partial charge in [0.05, 0.1) is 12.2 Å². The summed E-state index contributed by atoms with van der Waals surface area (Å²) in [5.74, 6) is 1.16. The summed E-state index contributed by atoms with van der Waals surface area (Å²) < 4.78 is 22.6. The molecule has 2 N–H and O–H groups in total. The Morgan fingerprint density at radius 2 is 1.95 bits per heavy atom. The molecule has 3 aromatic heterocycles. The summed E-state index contributed by atoms with van der Waals surface area (Å²) in [5, 5.41) is 20.1. The second kappa shape index (κ2) is 8.52. The van der Waals surface area contributed by atoms with Crippen LogP contribution in [0, 0.1) is 12.7 Å². The van der Waals surface area contributed by atoms with Gasteiger partial charge in [-0.15, -0.1) is 0 Å². The summed E-state index contributed by atoms with van der Waals surface area (Å²) in [7, 11) is 1.79. The zero-order valence-electron chi connectivity index (χ0n) is 20.9. The number of carbonyl (C=O) groups is 1. The van der Waals surface area contributed by atoms with Crippen molar-refractivity contribution in [3.05, 3.63) is 59.3 Å². The van der Waals surface area contributed by atoms with Crippen molar-refractivity contribution in [1.82, 2.24) is 24.6 Å². The highest BCUT2D eigenvalue weighted by Crippen LogP contribution is 2.42. The van der Waals surface area contributed by atoms with Gasteiger partial charge in [0.2, 0.25) is 11.8 Å². The van der Waals surface area contributed by atoms with E-state index in [2.05, 4.69) is 20.4 Å². The van der Waals surface area contributed by atoms with E-state index in [4.69, 9.17) is 4.74 Å². The Morgan fingerprint density at radius 3 is 2.78 bits per heavy atom. The second-order valence-electron chi connectivity index (χ2n) is 9.97. The van der Waals surface area contributed by atoms with Crippen LogP contribution in [0.15, 0.2) is 36.7 Å². The normalized spacial score (nSPS) is 19.3. The number of rotatable bonds is 3. The fraction of sp³-hybridized carbons (Fsp3) is 0.333. The van der Waals surface area contributed by atoms with E-state index in [0.29, 0.717) is 59.2 Å². The Labute approximate surface area is 212 Å². The SMILES string of the molecule is Cc1c(-c2cc3cc(Nc4cc5n(n4)CC(=O)N(C)CC5)ncc3cc2F)cnc2c1[C@](C)(O)CCO2. The molecule has 0 saturated heterocycles. The fourth-order valence-corrected chi connectivity index (χ4v) is 5.15. The molecule has 0 spiro atoms. The lowest BCUT2D eigenvalue weighted by Gasteiger charge is -2.32. The number of pyridine rings is 2. The van der Waals surface area contributed by atoms with Gasteiger partial charge in [-0.3, -0.25) is 9.48 Å². The minimum Gasteiger partial charge on any atom is -0.477 e. The van der Waals surface area contributed by atoms with Crippen LogP contribution in [0.1, 0.15) is 30.2 Å². The van der Waals surface area contributed by atoms with Crippen molar-refractivity contribution in [2.24, 2.45) is 0 Å². The first-order chi connectivity index (χ1) is 17.7. The predicted octanol–water partition coefficient (Wildman–Crippen LogP) is 3.69. The first-order valence-electron chi connectivity index (χ1n) is 12.2. The maximum absolute atomic E-state index is 15.3. The second-order valence-corrected chi connectivity index (χ2v) is 9.97. The van der Waals surface area contributed by atoms with Crippen LogP contribution in [0.4, 0.5) is 16.0 Å². The minimum atomic E-state index is -1.10. The van der Waals surface area contributed by atoms with Gasteiger partial charge in [-0.05, 0) is 43.0 Å². The van der Waals surface area contributed by atoms with E-state index in [0.717, 1.165) is 23.1 Å².